The fraction of sp³-hybridized carbons (Fsp3) is 0.216. The third-order valence-corrected chi connectivity index (χ3v) is 13.3. The van der Waals surface area contributed by atoms with E-state index in [1.165, 1.54) is 44.5 Å². The van der Waals surface area contributed by atoms with E-state index < -0.39 is 0 Å². The average molecular weight is 909 g/mol. The maximum atomic E-state index is 6.57. The molecule has 3 heterocycles. The molecule has 8 aromatic rings. The smallest absolute Gasteiger partial charge is 0.466 e. The predicted molar refractivity (Wildman–Crippen MR) is 223 cm³/mol. The maximum absolute atomic E-state index is 6.57. The Kier molecular flexibility index (Phi) is 8.52. The van der Waals surface area contributed by atoms with E-state index in [9.17, 15) is 0 Å². The second kappa shape index (κ2) is 13.1. The van der Waals surface area contributed by atoms with Crippen molar-refractivity contribution < 1.29 is 25.8 Å². The van der Waals surface area contributed by atoms with Crippen LogP contribution in [0.25, 0.3) is 50.0 Å². The summed E-state index contributed by atoms with van der Waals surface area (Å²) in [5.74, 6) is 1.96. The zero-order valence-electron chi connectivity index (χ0n) is 32.6. The standard InChI is InChI=1S/C51H43N3O.Pt/c1-32-14-11-15-33(2)48(32)34-23-26-44-39(28-34)38-25-24-36(29-45(38)54(44)46-21-9-10-27-52-46)55-47-22-13-20-43(53-47)37-17-12-16-35-30-51(31-40(35)37)49(3,4)41-18-7-8-19-42(41)50(51,5)6;/h7-16,18-28H,30-31H2,1-6H3;/q-2;+2. The Morgan fingerprint density at radius 2 is 1.45 bits per heavy atom. The Hall–Kier alpha value is -5.31. The molecule has 0 unspecified atom stereocenters. The molecule has 4 nitrogen and oxygen atoms in total. The van der Waals surface area contributed by atoms with Crippen LogP contribution in [0.4, 0.5) is 0 Å². The SMILES string of the molecule is Cc1cccc(C)c1-c1ccc2c(c1)c1ccc(Oc3cccc(-c4[c-]ccc5c4CC4(C5)C(C)(C)c5ccccc5C4(C)C)n3)[c-]c1n2-c1ccccn1.[Pt+2]. The van der Waals surface area contributed by atoms with Gasteiger partial charge in [-0.1, -0.05) is 112 Å². The van der Waals surface area contributed by atoms with Crippen molar-refractivity contribution in [2.45, 2.75) is 65.2 Å². The van der Waals surface area contributed by atoms with Crippen molar-refractivity contribution in [1.82, 2.24) is 14.5 Å². The van der Waals surface area contributed by atoms with Crippen molar-refractivity contribution in [2.24, 2.45) is 5.41 Å². The molecule has 1 spiro atoms. The topological polar surface area (TPSA) is 39.9 Å². The maximum Gasteiger partial charge on any atom is 2.00 e. The molecule has 5 aromatic carbocycles. The van der Waals surface area contributed by atoms with E-state index in [-0.39, 0.29) is 37.3 Å². The molecule has 0 bridgehead atoms. The van der Waals surface area contributed by atoms with Gasteiger partial charge in [-0.3, -0.25) is 4.98 Å². The minimum atomic E-state index is 0. The van der Waals surface area contributed by atoms with Gasteiger partial charge in [0.2, 0.25) is 5.88 Å². The van der Waals surface area contributed by atoms with E-state index >= 15 is 0 Å². The van der Waals surface area contributed by atoms with E-state index in [1.54, 1.807) is 0 Å². The monoisotopic (exact) mass is 908 g/mol. The van der Waals surface area contributed by atoms with Gasteiger partial charge in [0, 0.05) is 17.5 Å². The summed E-state index contributed by atoms with van der Waals surface area (Å²) in [7, 11) is 0. The number of pyridine rings is 2. The molecule has 0 amide bonds. The molecular weight excluding hydrogens is 866 g/mol. The van der Waals surface area contributed by atoms with Crippen molar-refractivity contribution >= 4 is 21.8 Å². The number of nitrogens with zero attached hydrogens (tertiary/aromatic N) is 3. The average Bonchev–Trinajstić information content (AvgIpc) is 3.79. The predicted octanol–water partition coefficient (Wildman–Crippen LogP) is 12.3. The van der Waals surface area contributed by atoms with Crippen LogP contribution < -0.4 is 4.74 Å². The Morgan fingerprint density at radius 1 is 0.714 bits per heavy atom. The number of hydrogen-bond acceptors (Lipinski definition) is 3. The minimum absolute atomic E-state index is 0. The summed E-state index contributed by atoms with van der Waals surface area (Å²) in [6.07, 6.45) is 3.84. The van der Waals surface area contributed by atoms with Gasteiger partial charge in [-0.15, -0.1) is 52.4 Å². The Morgan fingerprint density at radius 3 is 2.18 bits per heavy atom. The molecule has 0 radical (unpaired) electrons. The van der Waals surface area contributed by atoms with E-state index in [4.69, 9.17) is 14.7 Å². The van der Waals surface area contributed by atoms with Gasteiger partial charge in [-0.25, -0.2) is 4.98 Å². The van der Waals surface area contributed by atoms with Crippen molar-refractivity contribution in [3.63, 3.8) is 0 Å². The molecule has 278 valence electrons. The summed E-state index contributed by atoms with van der Waals surface area (Å²) in [4.78, 5) is 9.88. The summed E-state index contributed by atoms with van der Waals surface area (Å²) in [6, 6.07) is 50.1. The molecule has 0 saturated heterocycles. The van der Waals surface area contributed by atoms with Crippen molar-refractivity contribution in [2.75, 3.05) is 0 Å². The van der Waals surface area contributed by atoms with Gasteiger partial charge in [0.25, 0.3) is 0 Å². The summed E-state index contributed by atoms with van der Waals surface area (Å²) in [5, 5.41) is 2.23. The molecule has 5 heteroatoms. The molecule has 0 atom stereocenters. The van der Waals surface area contributed by atoms with Gasteiger partial charge in [-0.05, 0) is 105 Å². The molecule has 0 saturated carbocycles. The Balaban J connectivity index is 0.00000410. The summed E-state index contributed by atoms with van der Waals surface area (Å²) in [5.41, 5.74) is 14.7. The van der Waals surface area contributed by atoms with E-state index in [2.05, 4.69) is 143 Å². The second-order valence-electron chi connectivity index (χ2n) is 16.7. The van der Waals surface area contributed by atoms with Gasteiger partial charge >= 0.3 is 21.1 Å². The first-order chi connectivity index (χ1) is 26.6. The third kappa shape index (κ3) is 5.22. The zero-order valence-corrected chi connectivity index (χ0v) is 34.9. The Labute approximate surface area is 343 Å². The van der Waals surface area contributed by atoms with Crippen LogP contribution >= 0.6 is 0 Å². The molecule has 0 aliphatic heterocycles. The van der Waals surface area contributed by atoms with Crippen LogP contribution in [-0.4, -0.2) is 14.5 Å². The van der Waals surface area contributed by atoms with Crippen molar-refractivity contribution in [3.8, 4) is 39.8 Å². The van der Waals surface area contributed by atoms with Gasteiger partial charge in [0.1, 0.15) is 5.82 Å². The third-order valence-electron chi connectivity index (χ3n) is 13.3. The summed E-state index contributed by atoms with van der Waals surface area (Å²) < 4.78 is 8.75. The molecular formula is C51H43N3OPt. The fourth-order valence-electron chi connectivity index (χ4n) is 10.5. The molecule has 2 aliphatic carbocycles. The van der Waals surface area contributed by atoms with Crippen molar-refractivity contribution in [3.05, 3.63) is 173 Å². The normalized spacial score (nSPS) is 15.8. The first-order valence-electron chi connectivity index (χ1n) is 19.3. The number of hydrogen-bond donors (Lipinski definition) is 0. The van der Waals surface area contributed by atoms with Crippen LogP contribution in [0.3, 0.4) is 0 Å². The fourth-order valence-corrected chi connectivity index (χ4v) is 10.5. The number of fused-ring (bicyclic) bond motifs is 5. The molecule has 0 fully saturated rings. The minimum Gasteiger partial charge on any atom is -0.466 e. The van der Waals surface area contributed by atoms with Crippen molar-refractivity contribution in [1.29, 1.82) is 0 Å². The van der Waals surface area contributed by atoms with Gasteiger partial charge in [-0.2, -0.15) is 6.07 Å². The summed E-state index contributed by atoms with van der Waals surface area (Å²) in [6.45, 7) is 14.2. The zero-order chi connectivity index (χ0) is 37.7. The Bertz CT molecular complexity index is 2780. The molecule has 0 N–H and O–H groups in total. The largest absolute Gasteiger partial charge is 2.00 e. The number of benzene rings is 5. The van der Waals surface area contributed by atoms with Crippen LogP contribution in [0, 0.1) is 31.4 Å². The van der Waals surface area contributed by atoms with E-state index in [0.717, 1.165) is 51.7 Å². The van der Waals surface area contributed by atoms with Crippen LogP contribution in [0.5, 0.6) is 11.6 Å². The number of aromatic nitrogens is 3. The molecule has 10 rings (SSSR count). The summed E-state index contributed by atoms with van der Waals surface area (Å²) >= 11 is 0. The molecule has 56 heavy (non-hydrogen) atoms. The van der Waals surface area contributed by atoms with Crippen LogP contribution in [0.15, 0.2) is 128 Å². The quantitative estimate of drug-likeness (QED) is 0.162. The second-order valence-corrected chi connectivity index (χ2v) is 16.7. The molecule has 2 aliphatic rings. The van der Waals surface area contributed by atoms with Crippen LogP contribution in [0.1, 0.15) is 61.1 Å². The van der Waals surface area contributed by atoms with Gasteiger partial charge in [0.05, 0.1) is 0 Å². The van der Waals surface area contributed by atoms with Gasteiger partial charge < -0.3 is 9.30 Å². The first kappa shape index (κ1) is 36.3. The number of aryl methyl sites for hydroxylation is 2. The van der Waals surface area contributed by atoms with Crippen LogP contribution in [0.2, 0.25) is 0 Å². The van der Waals surface area contributed by atoms with Gasteiger partial charge in [0.15, 0.2) is 0 Å². The van der Waals surface area contributed by atoms with E-state index in [1.807, 2.05) is 42.6 Å². The van der Waals surface area contributed by atoms with Crippen LogP contribution in [-0.2, 0) is 44.7 Å². The number of ether oxygens (including phenoxy) is 1. The first-order valence-corrected chi connectivity index (χ1v) is 19.3. The van der Waals surface area contributed by atoms with E-state index in [0.29, 0.717) is 11.6 Å². The molecule has 3 aromatic heterocycles. The number of rotatable bonds is 5.